The maximum Gasteiger partial charge on any atom is 0.338 e. The summed E-state index contributed by atoms with van der Waals surface area (Å²) in [4.78, 5) is 23.9. The van der Waals surface area contributed by atoms with Crippen molar-refractivity contribution < 1.29 is 22.7 Å². The fourth-order valence-electron chi connectivity index (χ4n) is 2.91. The van der Waals surface area contributed by atoms with E-state index in [0.29, 0.717) is 5.92 Å². The molecule has 1 N–H and O–H groups in total. The highest BCUT2D eigenvalue weighted by molar-refractivity contribution is 7.90. The molecule has 0 radical (unpaired) electrons. The molecule has 1 aromatic carbocycles. The van der Waals surface area contributed by atoms with Gasteiger partial charge in [0.05, 0.1) is 15.5 Å². The Morgan fingerprint density at radius 3 is 2.60 bits per heavy atom. The Bertz CT molecular complexity index is 762. The molecular formula is C17H22ClNO5S. The van der Waals surface area contributed by atoms with Crippen LogP contribution in [0.3, 0.4) is 0 Å². The number of hydrogen-bond donors (Lipinski definition) is 1. The van der Waals surface area contributed by atoms with Crippen LogP contribution in [0.4, 0.5) is 0 Å². The zero-order valence-electron chi connectivity index (χ0n) is 14.2. The van der Waals surface area contributed by atoms with Gasteiger partial charge in [0.25, 0.3) is 5.91 Å². The highest BCUT2D eigenvalue weighted by Gasteiger charge is 2.23. The summed E-state index contributed by atoms with van der Waals surface area (Å²) in [5.74, 6) is -0.722. The average Bonchev–Trinajstić information content (AvgIpc) is 2.54. The van der Waals surface area contributed by atoms with Gasteiger partial charge in [-0.05, 0) is 37.0 Å². The van der Waals surface area contributed by atoms with Crippen molar-refractivity contribution in [2.24, 2.45) is 5.92 Å². The number of ether oxygens (including phenoxy) is 1. The van der Waals surface area contributed by atoms with Gasteiger partial charge in [0.15, 0.2) is 16.4 Å². The Hall–Kier alpha value is -1.60. The maximum atomic E-state index is 12.1. The summed E-state index contributed by atoms with van der Waals surface area (Å²) in [6, 6.07) is 3.94. The molecule has 2 rings (SSSR count). The van der Waals surface area contributed by atoms with Gasteiger partial charge in [-0.1, -0.05) is 31.4 Å². The van der Waals surface area contributed by atoms with Crippen molar-refractivity contribution in [1.82, 2.24) is 5.32 Å². The molecule has 1 aromatic rings. The molecule has 2 atom stereocenters. The predicted molar refractivity (Wildman–Crippen MR) is 94.4 cm³/mol. The summed E-state index contributed by atoms with van der Waals surface area (Å²) in [6.45, 7) is 1.69. The third-order valence-corrected chi connectivity index (χ3v) is 5.94. The molecule has 6 nitrogen and oxygen atoms in total. The first-order valence-corrected chi connectivity index (χ1v) is 10.4. The normalized spacial score (nSPS) is 20.8. The van der Waals surface area contributed by atoms with Crippen LogP contribution in [-0.2, 0) is 19.4 Å². The summed E-state index contributed by atoms with van der Waals surface area (Å²) in [7, 11) is -3.57. The zero-order valence-corrected chi connectivity index (χ0v) is 15.8. The molecule has 8 heteroatoms. The molecule has 0 saturated heterocycles. The van der Waals surface area contributed by atoms with Crippen molar-refractivity contribution in [1.29, 1.82) is 0 Å². The molecule has 138 valence electrons. The van der Waals surface area contributed by atoms with Gasteiger partial charge < -0.3 is 10.1 Å². The molecule has 0 aromatic heterocycles. The quantitative estimate of drug-likeness (QED) is 0.784. The smallest absolute Gasteiger partial charge is 0.338 e. The molecule has 0 spiro atoms. The summed E-state index contributed by atoms with van der Waals surface area (Å²) in [5.41, 5.74) is 0.0312. The van der Waals surface area contributed by atoms with E-state index in [2.05, 4.69) is 12.2 Å². The topological polar surface area (TPSA) is 89.5 Å². The van der Waals surface area contributed by atoms with Crippen molar-refractivity contribution in [3.8, 4) is 0 Å². The standard InChI is InChI=1S/C17H22ClNO5S/c1-11-5-3-4-6-14(11)19-16(20)10-24-17(21)12-7-8-13(18)15(9-12)25(2,22)23/h7-9,11,14H,3-6,10H2,1-2H3,(H,19,20). The minimum absolute atomic E-state index is 0.0306. The van der Waals surface area contributed by atoms with E-state index in [-0.39, 0.29) is 27.4 Å². The van der Waals surface area contributed by atoms with E-state index < -0.39 is 22.4 Å². The van der Waals surface area contributed by atoms with Gasteiger partial charge in [-0.3, -0.25) is 4.79 Å². The van der Waals surface area contributed by atoms with E-state index in [1.54, 1.807) is 0 Å². The molecule has 0 heterocycles. The Morgan fingerprint density at radius 2 is 1.96 bits per heavy atom. The van der Waals surface area contributed by atoms with Gasteiger partial charge in [-0.2, -0.15) is 0 Å². The van der Waals surface area contributed by atoms with Crippen molar-refractivity contribution in [3.63, 3.8) is 0 Å². The Labute approximate surface area is 152 Å². The van der Waals surface area contributed by atoms with E-state index >= 15 is 0 Å². The van der Waals surface area contributed by atoms with Crippen molar-refractivity contribution >= 4 is 33.3 Å². The first-order valence-electron chi connectivity index (χ1n) is 8.14. The van der Waals surface area contributed by atoms with E-state index in [9.17, 15) is 18.0 Å². The van der Waals surface area contributed by atoms with E-state index in [4.69, 9.17) is 16.3 Å². The molecule has 2 unspecified atom stereocenters. The number of rotatable bonds is 5. The fourth-order valence-corrected chi connectivity index (χ4v) is 4.21. The Kier molecular flexibility index (Phi) is 6.46. The van der Waals surface area contributed by atoms with Crippen LogP contribution in [0, 0.1) is 5.92 Å². The number of carbonyl (C=O) groups excluding carboxylic acids is 2. The Morgan fingerprint density at radius 1 is 1.28 bits per heavy atom. The third-order valence-electron chi connectivity index (χ3n) is 4.36. The minimum atomic E-state index is -3.57. The minimum Gasteiger partial charge on any atom is -0.452 e. The SMILES string of the molecule is CC1CCCCC1NC(=O)COC(=O)c1ccc(Cl)c(S(C)(=O)=O)c1. The van der Waals surface area contributed by atoms with Crippen LogP contribution >= 0.6 is 11.6 Å². The lowest BCUT2D eigenvalue weighted by Crippen LogP contribution is -2.42. The summed E-state index contributed by atoms with van der Waals surface area (Å²) in [6.07, 6.45) is 5.25. The van der Waals surface area contributed by atoms with E-state index in [1.807, 2.05) is 0 Å². The van der Waals surface area contributed by atoms with Gasteiger partial charge in [-0.25, -0.2) is 13.2 Å². The predicted octanol–water partition coefficient (Wildman–Crippen LogP) is 2.60. The highest BCUT2D eigenvalue weighted by atomic mass is 35.5. The number of amides is 1. The van der Waals surface area contributed by atoms with Crippen LogP contribution in [0.2, 0.25) is 5.02 Å². The second-order valence-corrected chi connectivity index (χ2v) is 8.82. The summed E-state index contributed by atoms with van der Waals surface area (Å²) < 4.78 is 28.3. The van der Waals surface area contributed by atoms with E-state index in [0.717, 1.165) is 31.6 Å². The van der Waals surface area contributed by atoms with Gasteiger partial charge in [0, 0.05) is 12.3 Å². The van der Waals surface area contributed by atoms with Crippen molar-refractivity contribution in [2.75, 3.05) is 12.9 Å². The van der Waals surface area contributed by atoms with Gasteiger partial charge >= 0.3 is 5.97 Å². The zero-order chi connectivity index (χ0) is 18.6. The first-order chi connectivity index (χ1) is 11.7. The first kappa shape index (κ1) is 19.7. The number of halogens is 1. The molecular weight excluding hydrogens is 366 g/mol. The monoisotopic (exact) mass is 387 g/mol. The fraction of sp³-hybridized carbons (Fsp3) is 0.529. The molecule has 0 bridgehead atoms. The summed E-state index contributed by atoms with van der Waals surface area (Å²) >= 11 is 5.84. The summed E-state index contributed by atoms with van der Waals surface area (Å²) in [5, 5.41) is 2.92. The van der Waals surface area contributed by atoms with E-state index in [1.165, 1.54) is 18.6 Å². The molecule has 1 aliphatic rings. The number of hydrogen-bond acceptors (Lipinski definition) is 5. The average molecular weight is 388 g/mol. The highest BCUT2D eigenvalue weighted by Crippen LogP contribution is 2.24. The second kappa shape index (κ2) is 8.19. The molecule has 25 heavy (non-hydrogen) atoms. The lowest BCUT2D eigenvalue weighted by Gasteiger charge is -2.29. The Balaban J connectivity index is 1.95. The molecule has 1 aliphatic carbocycles. The molecule has 1 fully saturated rings. The van der Waals surface area contributed by atoms with Crippen LogP contribution in [0.5, 0.6) is 0 Å². The third kappa shape index (κ3) is 5.44. The largest absolute Gasteiger partial charge is 0.452 e. The number of nitrogens with one attached hydrogen (secondary N) is 1. The lowest BCUT2D eigenvalue weighted by atomic mass is 9.86. The number of carbonyl (C=O) groups is 2. The number of benzene rings is 1. The maximum absolute atomic E-state index is 12.1. The van der Waals surface area contributed by atoms with Crippen LogP contribution < -0.4 is 5.32 Å². The van der Waals surface area contributed by atoms with Crippen molar-refractivity contribution in [3.05, 3.63) is 28.8 Å². The molecule has 1 saturated carbocycles. The van der Waals surface area contributed by atoms with Crippen LogP contribution in [0.1, 0.15) is 43.0 Å². The van der Waals surface area contributed by atoms with Gasteiger partial charge in [0.1, 0.15) is 0 Å². The molecule has 0 aliphatic heterocycles. The number of sulfone groups is 1. The van der Waals surface area contributed by atoms with Gasteiger partial charge in [-0.15, -0.1) is 0 Å². The number of esters is 1. The van der Waals surface area contributed by atoms with Crippen LogP contribution in [0.25, 0.3) is 0 Å². The van der Waals surface area contributed by atoms with Crippen LogP contribution in [-0.4, -0.2) is 39.2 Å². The van der Waals surface area contributed by atoms with Crippen molar-refractivity contribution in [2.45, 2.75) is 43.5 Å². The van der Waals surface area contributed by atoms with Crippen LogP contribution in [0.15, 0.2) is 23.1 Å². The lowest BCUT2D eigenvalue weighted by molar-refractivity contribution is -0.125. The second-order valence-electron chi connectivity index (χ2n) is 6.43. The molecule has 1 amide bonds. The van der Waals surface area contributed by atoms with Gasteiger partial charge in [0.2, 0.25) is 0 Å².